The van der Waals surface area contributed by atoms with E-state index in [0.29, 0.717) is 5.69 Å². The number of esters is 1. The third-order valence-corrected chi connectivity index (χ3v) is 3.10. The largest absolute Gasteiger partial charge is 0.464 e. The van der Waals surface area contributed by atoms with Crippen LogP contribution in [0.5, 0.6) is 0 Å². The van der Waals surface area contributed by atoms with Gasteiger partial charge in [-0.1, -0.05) is 35.5 Å². The topological polar surface area (TPSA) is 66.2 Å². The Balaban J connectivity index is 2.41. The van der Waals surface area contributed by atoms with Gasteiger partial charge in [0, 0.05) is 7.11 Å². The molecule has 106 valence electrons. The number of benzene rings is 1. The molecule has 0 fully saturated rings. The molecule has 0 spiro atoms. The maximum atomic E-state index is 11.7. The van der Waals surface area contributed by atoms with Gasteiger partial charge in [0.15, 0.2) is 5.69 Å². The first-order chi connectivity index (χ1) is 9.69. The Kier molecular flexibility index (Phi) is 4.47. The van der Waals surface area contributed by atoms with Crippen LogP contribution in [-0.4, -0.2) is 35.2 Å². The minimum Gasteiger partial charge on any atom is -0.464 e. The molecule has 1 unspecified atom stereocenters. The van der Waals surface area contributed by atoms with Gasteiger partial charge in [-0.3, -0.25) is 0 Å². The van der Waals surface area contributed by atoms with E-state index in [1.54, 1.807) is 11.8 Å². The van der Waals surface area contributed by atoms with Crippen LogP contribution in [0.25, 0.3) is 0 Å². The first-order valence-electron chi connectivity index (χ1n) is 6.25. The van der Waals surface area contributed by atoms with Crippen LogP contribution in [-0.2, 0) is 16.1 Å². The molecule has 0 radical (unpaired) electrons. The van der Waals surface area contributed by atoms with Gasteiger partial charge >= 0.3 is 5.97 Å². The molecule has 2 aromatic rings. The molecule has 0 saturated carbocycles. The Morgan fingerprint density at radius 3 is 2.60 bits per heavy atom. The van der Waals surface area contributed by atoms with E-state index in [4.69, 9.17) is 9.47 Å². The molecule has 0 aliphatic rings. The van der Waals surface area contributed by atoms with Gasteiger partial charge in [0.1, 0.15) is 5.69 Å². The van der Waals surface area contributed by atoms with Gasteiger partial charge in [-0.15, -0.1) is 5.10 Å². The van der Waals surface area contributed by atoms with Crippen molar-refractivity contribution < 1.29 is 14.3 Å². The fraction of sp³-hybridized carbons (Fsp3) is 0.357. The van der Waals surface area contributed by atoms with Crippen molar-refractivity contribution in [2.45, 2.75) is 19.6 Å². The van der Waals surface area contributed by atoms with Crippen LogP contribution in [0.2, 0.25) is 0 Å². The molecule has 1 atom stereocenters. The molecule has 1 aromatic carbocycles. The Hall–Kier alpha value is -2.21. The summed E-state index contributed by atoms with van der Waals surface area (Å²) >= 11 is 0. The van der Waals surface area contributed by atoms with Crippen LogP contribution >= 0.6 is 0 Å². The molecule has 0 amide bonds. The van der Waals surface area contributed by atoms with E-state index in [1.165, 1.54) is 7.11 Å². The second kappa shape index (κ2) is 6.29. The lowest BCUT2D eigenvalue weighted by Gasteiger charge is -2.15. The first kappa shape index (κ1) is 14.2. The molecule has 2 rings (SSSR count). The maximum absolute atomic E-state index is 11.7. The van der Waals surface area contributed by atoms with Crippen LogP contribution in [0.1, 0.15) is 34.7 Å². The van der Waals surface area contributed by atoms with E-state index in [0.717, 1.165) is 5.56 Å². The van der Waals surface area contributed by atoms with Gasteiger partial charge in [-0.2, -0.15) is 0 Å². The van der Waals surface area contributed by atoms with E-state index in [1.807, 2.05) is 37.3 Å². The molecular weight excluding hydrogens is 258 g/mol. The third kappa shape index (κ3) is 2.70. The lowest BCUT2D eigenvalue weighted by molar-refractivity contribution is 0.0588. The molecule has 1 heterocycles. The highest BCUT2D eigenvalue weighted by atomic mass is 16.5. The number of ether oxygens (including phenoxy) is 2. The van der Waals surface area contributed by atoms with Crippen molar-refractivity contribution in [2.24, 2.45) is 0 Å². The van der Waals surface area contributed by atoms with Crippen molar-refractivity contribution in [2.75, 3.05) is 14.2 Å². The second-order valence-corrected chi connectivity index (χ2v) is 4.34. The van der Waals surface area contributed by atoms with Gasteiger partial charge in [-0.05, 0) is 12.5 Å². The first-order valence-corrected chi connectivity index (χ1v) is 6.25. The molecule has 6 heteroatoms. The zero-order chi connectivity index (χ0) is 14.5. The lowest BCUT2D eigenvalue weighted by Crippen LogP contribution is -2.14. The van der Waals surface area contributed by atoms with Gasteiger partial charge in [0.05, 0.1) is 19.8 Å². The molecule has 0 saturated heterocycles. The van der Waals surface area contributed by atoms with Crippen molar-refractivity contribution in [3.8, 4) is 0 Å². The predicted octanol–water partition coefficient (Wildman–Crippen LogP) is 1.82. The van der Waals surface area contributed by atoms with E-state index >= 15 is 0 Å². The molecule has 0 N–H and O–H groups in total. The van der Waals surface area contributed by atoms with Crippen LogP contribution in [0.15, 0.2) is 30.3 Å². The summed E-state index contributed by atoms with van der Waals surface area (Å²) in [6.45, 7) is 2.23. The molecule has 20 heavy (non-hydrogen) atoms. The Bertz CT molecular complexity index is 581. The van der Waals surface area contributed by atoms with Gasteiger partial charge in [0.2, 0.25) is 0 Å². The summed E-state index contributed by atoms with van der Waals surface area (Å²) in [6.07, 6.45) is 0. The molecule has 0 bridgehead atoms. The fourth-order valence-corrected chi connectivity index (χ4v) is 2.02. The minimum atomic E-state index is -0.511. The van der Waals surface area contributed by atoms with Crippen molar-refractivity contribution >= 4 is 5.97 Å². The number of hydrogen-bond donors (Lipinski definition) is 0. The van der Waals surface area contributed by atoms with Crippen LogP contribution in [0.3, 0.4) is 0 Å². The summed E-state index contributed by atoms with van der Waals surface area (Å²) in [4.78, 5) is 11.7. The summed E-state index contributed by atoms with van der Waals surface area (Å²) in [5.41, 5.74) is 1.87. The molecule has 0 aliphatic heterocycles. The SMILES string of the molecule is COCc1c(C(=O)OC)nnn1C(C)c1ccccc1. The average Bonchev–Trinajstić information content (AvgIpc) is 2.91. The summed E-state index contributed by atoms with van der Waals surface area (Å²) in [6, 6.07) is 9.82. The van der Waals surface area contributed by atoms with Gasteiger partial charge in [-0.25, -0.2) is 9.48 Å². The summed E-state index contributed by atoms with van der Waals surface area (Å²) in [5.74, 6) is -0.511. The lowest BCUT2D eigenvalue weighted by atomic mass is 10.1. The smallest absolute Gasteiger partial charge is 0.360 e. The zero-order valence-electron chi connectivity index (χ0n) is 11.7. The monoisotopic (exact) mass is 275 g/mol. The third-order valence-electron chi connectivity index (χ3n) is 3.10. The Morgan fingerprint density at radius 2 is 2.00 bits per heavy atom. The van der Waals surface area contributed by atoms with Crippen LogP contribution in [0.4, 0.5) is 0 Å². The quantitative estimate of drug-likeness (QED) is 0.779. The van der Waals surface area contributed by atoms with Crippen molar-refractivity contribution in [3.63, 3.8) is 0 Å². The maximum Gasteiger partial charge on any atom is 0.360 e. The molecule has 1 aromatic heterocycles. The minimum absolute atomic E-state index is 0.0488. The van der Waals surface area contributed by atoms with Gasteiger partial charge in [0.25, 0.3) is 0 Å². The number of methoxy groups -OCH3 is 2. The number of nitrogens with zero attached hydrogens (tertiary/aromatic N) is 3. The summed E-state index contributed by atoms with van der Waals surface area (Å²) in [7, 11) is 2.88. The second-order valence-electron chi connectivity index (χ2n) is 4.34. The van der Waals surface area contributed by atoms with E-state index < -0.39 is 5.97 Å². The predicted molar refractivity (Wildman–Crippen MR) is 72.3 cm³/mol. The van der Waals surface area contributed by atoms with Gasteiger partial charge < -0.3 is 9.47 Å². The number of rotatable bonds is 5. The number of hydrogen-bond acceptors (Lipinski definition) is 5. The number of carbonyl (C=O) groups is 1. The number of aromatic nitrogens is 3. The van der Waals surface area contributed by atoms with E-state index in [9.17, 15) is 4.79 Å². The Morgan fingerprint density at radius 1 is 1.30 bits per heavy atom. The normalized spacial score (nSPS) is 12.2. The van der Waals surface area contributed by atoms with Crippen molar-refractivity contribution in [1.82, 2.24) is 15.0 Å². The average molecular weight is 275 g/mol. The highest BCUT2D eigenvalue weighted by Gasteiger charge is 2.23. The molecule has 0 aliphatic carbocycles. The highest BCUT2D eigenvalue weighted by molar-refractivity contribution is 5.88. The highest BCUT2D eigenvalue weighted by Crippen LogP contribution is 2.20. The summed E-state index contributed by atoms with van der Waals surface area (Å²) in [5, 5.41) is 7.98. The van der Waals surface area contributed by atoms with E-state index in [2.05, 4.69) is 10.3 Å². The number of carbonyl (C=O) groups excluding carboxylic acids is 1. The molecular formula is C14H17N3O3. The molecule has 6 nitrogen and oxygen atoms in total. The van der Waals surface area contributed by atoms with Crippen molar-refractivity contribution in [1.29, 1.82) is 0 Å². The summed E-state index contributed by atoms with van der Waals surface area (Å²) < 4.78 is 11.5. The van der Waals surface area contributed by atoms with Crippen molar-refractivity contribution in [3.05, 3.63) is 47.3 Å². The van der Waals surface area contributed by atoms with Crippen LogP contribution < -0.4 is 0 Å². The Labute approximate surface area is 117 Å². The fourth-order valence-electron chi connectivity index (χ4n) is 2.02. The van der Waals surface area contributed by atoms with Crippen LogP contribution in [0, 0.1) is 0 Å². The zero-order valence-corrected chi connectivity index (χ0v) is 11.7. The van der Waals surface area contributed by atoms with E-state index in [-0.39, 0.29) is 18.3 Å². The standard InChI is InChI=1S/C14H17N3O3/c1-10(11-7-5-4-6-8-11)17-12(9-19-2)13(15-16-17)14(18)20-3/h4-8,10H,9H2,1-3H3.